The van der Waals surface area contributed by atoms with Gasteiger partial charge in [-0.05, 0) is 19.3 Å². The molecule has 0 aromatic carbocycles. The SMILES string of the molecule is CCCCCCCCCCCCCC/C=C/C(CCCCCCCCCCCCCCCCCC)COS(=O)(=O)[O-].[K+]. The summed E-state index contributed by atoms with van der Waals surface area (Å²) in [6.45, 7) is 4.53. The van der Waals surface area contributed by atoms with Crippen LogP contribution >= 0.6 is 0 Å². The second-order valence-corrected chi connectivity index (χ2v) is 13.7. The number of hydrogen-bond donors (Lipinski definition) is 0. The van der Waals surface area contributed by atoms with Gasteiger partial charge < -0.3 is 4.55 Å². The van der Waals surface area contributed by atoms with Gasteiger partial charge in [-0.3, -0.25) is 4.18 Å². The molecule has 0 bridgehead atoms. The van der Waals surface area contributed by atoms with E-state index in [1.165, 1.54) is 173 Å². The predicted octanol–water partition coefficient (Wildman–Crippen LogP) is 9.38. The van der Waals surface area contributed by atoms with E-state index in [2.05, 4.69) is 30.2 Å². The van der Waals surface area contributed by atoms with Crippen molar-refractivity contribution >= 4 is 10.4 Å². The molecule has 6 heteroatoms. The summed E-state index contributed by atoms with van der Waals surface area (Å²) in [6, 6.07) is 0. The van der Waals surface area contributed by atoms with E-state index in [0.717, 1.165) is 19.3 Å². The summed E-state index contributed by atoms with van der Waals surface area (Å²) in [5.41, 5.74) is 0. The molecule has 1 atom stereocenters. The van der Waals surface area contributed by atoms with Crippen molar-refractivity contribution in [3.63, 3.8) is 0 Å². The van der Waals surface area contributed by atoms with Gasteiger partial charge in [-0.1, -0.05) is 199 Å². The minimum absolute atomic E-state index is 0. The molecule has 0 aromatic rings. The zero-order valence-electron chi connectivity index (χ0n) is 28.7. The van der Waals surface area contributed by atoms with Gasteiger partial charge >= 0.3 is 51.4 Å². The zero-order chi connectivity index (χ0) is 30.1. The number of unbranched alkanes of at least 4 members (excludes halogenated alkanes) is 27. The first kappa shape index (κ1) is 45.4. The molecule has 0 fully saturated rings. The van der Waals surface area contributed by atoms with Crippen LogP contribution in [0.3, 0.4) is 0 Å². The largest absolute Gasteiger partial charge is 1.00 e. The molecule has 0 spiro atoms. The minimum atomic E-state index is -4.62. The summed E-state index contributed by atoms with van der Waals surface area (Å²) in [6.07, 6.45) is 43.8. The maximum absolute atomic E-state index is 11.0. The van der Waals surface area contributed by atoms with Gasteiger partial charge in [-0.15, -0.1) is 0 Å². The fraction of sp³-hybridized carbons (Fsp3) is 0.944. The first-order chi connectivity index (χ1) is 20.0. The molecule has 0 saturated heterocycles. The first-order valence-electron chi connectivity index (χ1n) is 18.3. The van der Waals surface area contributed by atoms with Crippen LogP contribution in [0.5, 0.6) is 0 Å². The van der Waals surface area contributed by atoms with Gasteiger partial charge in [0.1, 0.15) is 0 Å². The molecular weight excluding hydrogens is 568 g/mol. The molecule has 0 radical (unpaired) electrons. The van der Waals surface area contributed by atoms with E-state index in [1.54, 1.807) is 0 Å². The van der Waals surface area contributed by atoms with Crippen LogP contribution in [0, 0.1) is 5.92 Å². The van der Waals surface area contributed by atoms with Crippen molar-refractivity contribution in [2.75, 3.05) is 6.61 Å². The van der Waals surface area contributed by atoms with Gasteiger partial charge in [0.05, 0.1) is 6.61 Å². The van der Waals surface area contributed by atoms with Gasteiger partial charge in [0.2, 0.25) is 10.4 Å². The molecule has 4 nitrogen and oxygen atoms in total. The summed E-state index contributed by atoms with van der Waals surface area (Å²) in [5.74, 6) is 0.0164. The minimum Gasteiger partial charge on any atom is -0.726 e. The molecule has 0 aliphatic heterocycles. The van der Waals surface area contributed by atoms with Crippen LogP contribution in [0.25, 0.3) is 0 Å². The van der Waals surface area contributed by atoms with Gasteiger partial charge in [-0.2, -0.15) is 0 Å². The average Bonchev–Trinajstić information content (AvgIpc) is 2.94. The summed E-state index contributed by atoms with van der Waals surface area (Å²) in [5, 5.41) is 0. The third-order valence-electron chi connectivity index (χ3n) is 8.49. The molecule has 0 aromatic heterocycles. The number of allylic oxidation sites excluding steroid dienone is 1. The Bertz CT molecular complexity index is 638. The Morgan fingerprint density at radius 2 is 0.833 bits per heavy atom. The fourth-order valence-electron chi connectivity index (χ4n) is 5.75. The van der Waals surface area contributed by atoms with Gasteiger partial charge in [0.25, 0.3) is 0 Å². The Kier molecular flexibility index (Phi) is 39.7. The molecule has 0 N–H and O–H groups in total. The van der Waals surface area contributed by atoms with E-state index in [4.69, 9.17) is 0 Å². The monoisotopic (exact) mass is 638 g/mol. The van der Waals surface area contributed by atoms with Crippen LogP contribution < -0.4 is 51.4 Å². The standard InChI is InChI=1S/C36H72O4S.K/c1-3-5-7-9-11-13-15-17-19-20-22-24-26-28-30-32-34-36(35-40-41(37,38)39)33-31-29-27-25-23-21-18-16-14-12-10-8-6-4-2;/h31,33,36H,3-30,32,34-35H2,1-2H3,(H,37,38,39);/q;+1/p-1/b33-31+;. The summed E-state index contributed by atoms with van der Waals surface area (Å²) >= 11 is 0. The maximum atomic E-state index is 11.0. The van der Waals surface area contributed by atoms with E-state index in [0.29, 0.717) is 0 Å². The smallest absolute Gasteiger partial charge is 0.726 e. The van der Waals surface area contributed by atoms with Crippen molar-refractivity contribution in [3.05, 3.63) is 12.2 Å². The third kappa shape index (κ3) is 39.3. The van der Waals surface area contributed by atoms with E-state index >= 15 is 0 Å². The molecule has 0 amide bonds. The van der Waals surface area contributed by atoms with Crippen LogP contribution in [0.15, 0.2) is 12.2 Å². The number of rotatable bonds is 34. The van der Waals surface area contributed by atoms with Crippen LogP contribution in [0.4, 0.5) is 0 Å². The van der Waals surface area contributed by atoms with E-state index in [9.17, 15) is 13.0 Å². The number of hydrogen-bond acceptors (Lipinski definition) is 4. The third-order valence-corrected chi connectivity index (χ3v) is 8.91. The topological polar surface area (TPSA) is 66.4 Å². The summed E-state index contributed by atoms with van der Waals surface area (Å²) in [4.78, 5) is 0. The van der Waals surface area contributed by atoms with Crippen molar-refractivity contribution in [1.82, 2.24) is 0 Å². The predicted molar refractivity (Wildman–Crippen MR) is 178 cm³/mol. The van der Waals surface area contributed by atoms with Crippen molar-refractivity contribution in [2.45, 2.75) is 206 Å². The van der Waals surface area contributed by atoms with Crippen LogP contribution in [-0.4, -0.2) is 19.6 Å². The van der Waals surface area contributed by atoms with Crippen LogP contribution in [0.1, 0.15) is 206 Å². The van der Waals surface area contributed by atoms with E-state index in [1.807, 2.05) is 0 Å². The Hall–Kier alpha value is 1.25. The Morgan fingerprint density at radius 3 is 1.17 bits per heavy atom. The molecule has 246 valence electrons. The first-order valence-corrected chi connectivity index (χ1v) is 19.6. The van der Waals surface area contributed by atoms with E-state index < -0.39 is 10.4 Å². The van der Waals surface area contributed by atoms with Crippen molar-refractivity contribution in [2.24, 2.45) is 5.92 Å². The van der Waals surface area contributed by atoms with Crippen molar-refractivity contribution in [3.8, 4) is 0 Å². The second kappa shape index (κ2) is 36.7. The van der Waals surface area contributed by atoms with Crippen molar-refractivity contribution < 1.29 is 68.5 Å². The van der Waals surface area contributed by atoms with Crippen molar-refractivity contribution in [1.29, 1.82) is 0 Å². The molecule has 0 saturated carbocycles. The molecule has 0 aliphatic carbocycles. The Labute approximate surface area is 307 Å². The Balaban J connectivity index is 0. The summed E-state index contributed by atoms with van der Waals surface area (Å²) in [7, 11) is -4.62. The van der Waals surface area contributed by atoms with Gasteiger partial charge in [-0.25, -0.2) is 8.42 Å². The molecule has 0 heterocycles. The molecular formula is C36H71KO4S. The van der Waals surface area contributed by atoms with E-state index in [-0.39, 0.29) is 63.9 Å². The zero-order valence-corrected chi connectivity index (χ0v) is 32.6. The van der Waals surface area contributed by atoms with Crippen LogP contribution in [-0.2, 0) is 14.6 Å². The fourth-order valence-corrected chi connectivity index (χ4v) is 6.09. The summed E-state index contributed by atoms with van der Waals surface area (Å²) < 4.78 is 37.5. The Morgan fingerprint density at radius 1 is 0.524 bits per heavy atom. The van der Waals surface area contributed by atoms with Crippen LogP contribution in [0.2, 0.25) is 0 Å². The molecule has 42 heavy (non-hydrogen) atoms. The quantitative estimate of drug-likeness (QED) is 0.0232. The molecule has 1 unspecified atom stereocenters. The normalized spacial score (nSPS) is 12.6. The molecule has 0 aliphatic rings. The average molecular weight is 639 g/mol. The van der Waals surface area contributed by atoms with Gasteiger partial charge in [0, 0.05) is 5.92 Å². The maximum Gasteiger partial charge on any atom is 1.00 e. The second-order valence-electron chi connectivity index (χ2n) is 12.7. The van der Waals surface area contributed by atoms with Gasteiger partial charge in [0.15, 0.2) is 0 Å². The molecule has 0 rings (SSSR count).